The highest BCUT2D eigenvalue weighted by molar-refractivity contribution is 6.06. The third-order valence-electron chi connectivity index (χ3n) is 9.99. The van der Waals surface area contributed by atoms with Gasteiger partial charge in [0.1, 0.15) is 0 Å². The van der Waals surface area contributed by atoms with E-state index in [0.29, 0.717) is 5.82 Å². The van der Waals surface area contributed by atoms with Crippen molar-refractivity contribution >= 4 is 10.8 Å². The van der Waals surface area contributed by atoms with Gasteiger partial charge in [-0.05, 0) is 73.5 Å². The smallest absolute Gasteiger partial charge is 0.160 e. The topological polar surface area (TPSA) is 38.7 Å². The van der Waals surface area contributed by atoms with E-state index in [1.165, 1.54) is 44.2 Å². The number of aromatic nitrogens is 3. The SMILES string of the molecule is CC1(C)c2cccc(-c3cccc(-c4cc(-c5ccc(-c6cccnc6)cc5)nc(-c5ccccc5)n4)c3)c2-c2c1ccc1ccccc21. The summed E-state index contributed by atoms with van der Waals surface area (Å²) in [4.78, 5) is 14.5. The van der Waals surface area contributed by atoms with Crippen LogP contribution in [0.1, 0.15) is 25.0 Å². The first-order valence-electron chi connectivity index (χ1n) is 16.8. The maximum atomic E-state index is 5.15. The summed E-state index contributed by atoms with van der Waals surface area (Å²) in [7, 11) is 0. The molecule has 0 saturated carbocycles. The maximum Gasteiger partial charge on any atom is 0.160 e. The van der Waals surface area contributed by atoms with Gasteiger partial charge in [0.15, 0.2) is 5.82 Å². The normalized spacial score (nSPS) is 12.9. The van der Waals surface area contributed by atoms with Crippen LogP contribution in [0, 0.1) is 0 Å². The number of hydrogen-bond acceptors (Lipinski definition) is 3. The summed E-state index contributed by atoms with van der Waals surface area (Å²) >= 11 is 0. The van der Waals surface area contributed by atoms with Crippen molar-refractivity contribution in [1.82, 2.24) is 15.0 Å². The van der Waals surface area contributed by atoms with Crippen LogP contribution in [-0.4, -0.2) is 15.0 Å². The molecule has 1 aliphatic carbocycles. The van der Waals surface area contributed by atoms with Crippen molar-refractivity contribution in [2.75, 3.05) is 0 Å². The summed E-state index contributed by atoms with van der Waals surface area (Å²) in [5, 5.41) is 2.57. The predicted octanol–water partition coefficient (Wildman–Crippen LogP) is 11.7. The van der Waals surface area contributed by atoms with Gasteiger partial charge in [0.25, 0.3) is 0 Å². The largest absolute Gasteiger partial charge is 0.264 e. The van der Waals surface area contributed by atoms with Crippen molar-refractivity contribution in [1.29, 1.82) is 0 Å². The second-order valence-electron chi connectivity index (χ2n) is 13.3. The Morgan fingerprint density at radius 1 is 0.449 bits per heavy atom. The van der Waals surface area contributed by atoms with Gasteiger partial charge in [0, 0.05) is 34.5 Å². The third-order valence-corrected chi connectivity index (χ3v) is 9.99. The first-order valence-corrected chi connectivity index (χ1v) is 16.8. The molecule has 3 heteroatoms. The zero-order chi connectivity index (χ0) is 33.0. The van der Waals surface area contributed by atoms with Crippen LogP contribution in [0.15, 0.2) is 164 Å². The molecule has 2 aromatic heterocycles. The zero-order valence-corrected chi connectivity index (χ0v) is 27.4. The van der Waals surface area contributed by atoms with E-state index in [0.717, 1.165) is 39.2 Å². The number of rotatable bonds is 5. The molecule has 2 heterocycles. The van der Waals surface area contributed by atoms with Gasteiger partial charge in [-0.25, -0.2) is 9.97 Å². The highest BCUT2D eigenvalue weighted by Gasteiger charge is 2.37. The monoisotopic (exact) mass is 627 g/mol. The fraction of sp³-hybridized carbons (Fsp3) is 0.0652. The van der Waals surface area contributed by atoms with E-state index in [-0.39, 0.29) is 5.41 Å². The summed E-state index contributed by atoms with van der Waals surface area (Å²) in [6.45, 7) is 4.70. The van der Waals surface area contributed by atoms with Crippen LogP contribution in [0.5, 0.6) is 0 Å². The van der Waals surface area contributed by atoms with Crippen molar-refractivity contribution in [3.8, 4) is 67.3 Å². The molecule has 0 spiro atoms. The van der Waals surface area contributed by atoms with E-state index in [9.17, 15) is 0 Å². The van der Waals surface area contributed by atoms with Crippen molar-refractivity contribution < 1.29 is 0 Å². The summed E-state index contributed by atoms with van der Waals surface area (Å²) in [6.07, 6.45) is 3.69. The second-order valence-corrected chi connectivity index (χ2v) is 13.3. The molecule has 0 amide bonds. The molecular weight excluding hydrogens is 595 g/mol. The lowest BCUT2D eigenvalue weighted by atomic mass is 9.81. The van der Waals surface area contributed by atoms with E-state index >= 15 is 0 Å². The Hall–Kier alpha value is -6.19. The minimum atomic E-state index is -0.0962. The minimum Gasteiger partial charge on any atom is -0.264 e. The maximum absolute atomic E-state index is 5.15. The first kappa shape index (κ1) is 29.0. The van der Waals surface area contributed by atoms with Gasteiger partial charge < -0.3 is 0 Å². The molecule has 3 nitrogen and oxygen atoms in total. The van der Waals surface area contributed by atoms with E-state index in [1.54, 1.807) is 6.20 Å². The lowest BCUT2D eigenvalue weighted by Crippen LogP contribution is -2.14. The van der Waals surface area contributed by atoms with Gasteiger partial charge in [-0.15, -0.1) is 0 Å². The Kier molecular flexibility index (Phi) is 6.80. The van der Waals surface area contributed by atoms with Gasteiger partial charge in [-0.1, -0.05) is 147 Å². The minimum absolute atomic E-state index is 0.0962. The third kappa shape index (κ3) is 4.94. The molecule has 0 unspecified atom stereocenters. The number of nitrogens with zero attached hydrogens (tertiary/aromatic N) is 3. The fourth-order valence-corrected chi connectivity index (χ4v) is 7.46. The lowest BCUT2D eigenvalue weighted by Gasteiger charge is -2.21. The molecule has 0 N–H and O–H groups in total. The van der Waals surface area contributed by atoms with Crippen molar-refractivity contribution in [2.45, 2.75) is 19.3 Å². The molecule has 0 aliphatic heterocycles. The number of pyridine rings is 1. The fourth-order valence-electron chi connectivity index (χ4n) is 7.46. The molecule has 6 aromatic carbocycles. The Balaban J connectivity index is 1.19. The van der Waals surface area contributed by atoms with Gasteiger partial charge in [-0.3, -0.25) is 4.98 Å². The van der Waals surface area contributed by atoms with Crippen molar-refractivity contribution in [3.63, 3.8) is 0 Å². The molecule has 0 radical (unpaired) electrons. The van der Waals surface area contributed by atoms with Crippen LogP contribution >= 0.6 is 0 Å². The van der Waals surface area contributed by atoms with Crippen molar-refractivity contribution in [3.05, 3.63) is 175 Å². The standard InChI is InChI=1S/C46H33N3/c1-46(2)39-19-9-18-38(44(39)43-37-17-7-6-11-31(37)24-25-40(43)46)34-14-8-15-35(27-34)42-28-41(48-45(49-42)33-12-4-3-5-13-33)32-22-20-30(21-23-32)36-16-10-26-47-29-36/h3-29H,1-2H3. The van der Waals surface area contributed by atoms with E-state index in [1.807, 2.05) is 30.5 Å². The average molecular weight is 628 g/mol. The van der Waals surface area contributed by atoms with Crippen LogP contribution in [0.3, 0.4) is 0 Å². The highest BCUT2D eigenvalue weighted by Crippen LogP contribution is 2.54. The Morgan fingerprint density at radius 2 is 1.12 bits per heavy atom. The first-order chi connectivity index (χ1) is 24.0. The van der Waals surface area contributed by atoms with Crippen LogP contribution in [-0.2, 0) is 5.41 Å². The molecule has 0 atom stereocenters. The average Bonchev–Trinajstić information content (AvgIpc) is 3.42. The summed E-state index contributed by atoms with van der Waals surface area (Å²) in [5.74, 6) is 0.706. The molecule has 0 fully saturated rings. The van der Waals surface area contributed by atoms with E-state index in [2.05, 4.69) is 146 Å². The molecule has 0 bridgehead atoms. The quantitative estimate of drug-likeness (QED) is 0.191. The van der Waals surface area contributed by atoms with E-state index < -0.39 is 0 Å². The zero-order valence-electron chi connectivity index (χ0n) is 27.4. The summed E-state index contributed by atoms with van der Waals surface area (Å²) < 4.78 is 0. The lowest BCUT2D eigenvalue weighted by molar-refractivity contribution is 0.661. The molecule has 1 aliphatic rings. The Bertz CT molecular complexity index is 2500. The van der Waals surface area contributed by atoms with Gasteiger partial charge in [-0.2, -0.15) is 0 Å². The second kappa shape index (κ2) is 11.5. The molecular formula is C46H33N3. The molecule has 232 valence electrons. The Morgan fingerprint density at radius 3 is 1.94 bits per heavy atom. The highest BCUT2D eigenvalue weighted by atomic mass is 14.9. The molecule has 49 heavy (non-hydrogen) atoms. The van der Waals surface area contributed by atoms with Crippen LogP contribution in [0.25, 0.3) is 78.1 Å². The number of fused-ring (bicyclic) bond motifs is 5. The molecule has 0 saturated heterocycles. The van der Waals surface area contributed by atoms with Gasteiger partial charge >= 0.3 is 0 Å². The van der Waals surface area contributed by atoms with Gasteiger partial charge in [0.05, 0.1) is 11.4 Å². The molecule has 9 rings (SSSR count). The summed E-state index contributed by atoms with van der Waals surface area (Å²) in [5.41, 5.74) is 14.8. The van der Waals surface area contributed by atoms with Crippen LogP contribution in [0.2, 0.25) is 0 Å². The van der Waals surface area contributed by atoms with Crippen LogP contribution < -0.4 is 0 Å². The van der Waals surface area contributed by atoms with Crippen LogP contribution in [0.4, 0.5) is 0 Å². The summed E-state index contributed by atoms with van der Waals surface area (Å²) in [6, 6.07) is 53.9. The van der Waals surface area contributed by atoms with Gasteiger partial charge in [0.2, 0.25) is 0 Å². The Labute approximate surface area is 286 Å². The van der Waals surface area contributed by atoms with E-state index in [4.69, 9.17) is 9.97 Å². The molecule has 8 aromatic rings. The predicted molar refractivity (Wildman–Crippen MR) is 202 cm³/mol. The van der Waals surface area contributed by atoms with Crippen molar-refractivity contribution in [2.24, 2.45) is 0 Å². The number of hydrogen-bond donors (Lipinski definition) is 0. The number of benzene rings is 6.